The molecule has 0 radical (unpaired) electrons. The Bertz CT molecular complexity index is 194. The lowest BCUT2D eigenvalue weighted by Crippen LogP contribution is -2.44. The molecule has 90 valence electrons. The van der Waals surface area contributed by atoms with E-state index in [-0.39, 0.29) is 17.7 Å². The van der Waals surface area contributed by atoms with Crippen molar-refractivity contribution in [1.82, 2.24) is 5.32 Å². The molecule has 3 unspecified atom stereocenters. The number of methoxy groups -OCH3 is 1. The summed E-state index contributed by atoms with van der Waals surface area (Å²) in [4.78, 5) is 0. The highest BCUT2D eigenvalue weighted by Crippen LogP contribution is 2.21. The van der Waals surface area contributed by atoms with E-state index in [1.54, 1.807) is 7.11 Å². The van der Waals surface area contributed by atoms with Crippen molar-refractivity contribution in [2.45, 2.75) is 70.2 Å². The quantitative estimate of drug-likeness (QED) is 0.733. The van der Waals surface area contributed by atoms with Crippen LogP contribution in [0.5, 0.6) is 0 Å². The van der Waals surface area contributed by atoms with Gasteiger partial charge in [0, 0.05) is 19.2 Å². The Balaban J connectivity index is 2.32. The van der Waals surface area contributed by atoms with Crippen molar-refractivity contribution in [3.63, 3.8) is 0 Å². The molecular formula is C12H25NO2. The van der Waals surface area contributed by atoms with Crippen molar-refractivity contribution in [3.05, 3.63) is 0 Å². The maximum atomic E-state index is 9.70. The van der Waals surface area contributed by atoms with Crippen LogP contribution in [0.4, 0.5) is 0 Å². The van der Waals surface area contributed by atoms with Gasteiger partial charge in [0.15, 0.2) is 0 Å². The van der Waals surface area contributed by atoms with E-state index in [2.05, 4.69) is 26.1 Å². The first-order valence-corrected chi connectivity index (χ1v) is 5.94. The first-order chi connectivity index (χ1) is 6.94. The molecule has 1 aliphatic rings. The van der Waals surface area contributed by atoms with E-state index in [0.717, 1.165) is 25.7 Å². The normalized spacial score (nSPS) is 29.4. The monoisotopic (exact) mass is 215 g/mol. The summed E-state index contributed by atoms with van der Waals surface area (Å²) >= 11 is 0. The fourth-order valence-corrected chi connectivity index (χ4v) is 2.38. The number of aliphatic hydroxyl groups excluding tert-OH is 1. The van der Waals surface area contributed by atoms with Gasteiger partial charge in [-0.15, -0.1) is 0 Å². The minimum atomic E-state index is -0.155. The van der Waals surface area contributed by atoms with Crippen molar-refractivity contribution in [2.75, 3.05) is 7.11 Å². The van der Waals surface area contributed by atoms with Gasteiger partial charge in [0.25, 0.3) is 0 Å². The Hall–Kier alpha value is -0.120. The summed E-state index contributed by atoms with van der Waals surface area (Å²) < 4.78 is 5.40. The van der Waals surface area contributed by atoms with Gasteiger partial charge in [0.2, 0.25) is 0 Å². The summed E-state index contributed by atoms with van der Waals surface area (Å²) in [5.74, 6) is 0. The van der Waals surface area contributed by atoms with Crippen LogP contribution in [0.15, 0.2) is 0 Å². The molecule has 3 nitrogen and oxygen atoms in total. The van der Waals surface area contributed by atoms with Gasteiger partial charge in [-0.05, 0) is 46.5 Å². The van der Waals surface area contributed by atoms with E-state index in [1.165, 1.54) is 0 Å². The van der Waals surface area contributed by atoms with Gasteiger partial charge < -0.3 is 15.2 Å². The van der Waals surface area contributed by atoms with Gasteiger partial charge in [0.05, 0.1) is 11.7 Å². The molecule has 0 amide bonds. The fourth-order valence-electron chi connectivity index (χ4n) is 2.38. The van der Waals surface area contributed by atoms with Crippen molar-refractivity contribution >= 4 is 0 Å². The third-order valence-corrected chi connectivity index (χ3v) is 3.33. The lowest BCUT2D eigenvalue weighted by Gasteiger charge is -2.29. The molecule has 0 aromatic carbocycles. The number of rotatable bonds is 5. The summed E-state index contributed by atoms with van der Waals surface area (Å²) in [6.45, 7) is 6.35. The van der Waals surface area contributed by atoms with E-state index in [9.17, 15) is 5.11 Å². The molecule has 0 aliphatic heterocycles. The van der Waals surface area contributed by atoms with Gasteiger partial charge in [-0.25, -0.2) is 0 Å². The maximum absolute atomic E-state index is 9.70. The van der Waals surface area contributed by atoms with E-state index in [0.29, 0.717) is 6.04 Å². The standard InChI is InChI=1S/C12H25NO2/c1-9(8-12(2,3)15-4)13-10-6-5-7-11(10)14/h9-11,13-14H,5-8H2,1-4H3. The van der Waals surface area contributed by atoms with Crippen molar-refractivity contribution in [2.24, 2.45) is 0 Å². The predicted octanol–water partition coefficient (Wildman–Crippen LogP) is 1.69. The molecule has 1 fully saturated rings. The van der Waals surface area contributed by atoms with Crippen LogP contribution < -0.4 is 5.32 Å². The zero-order chi connectivity index (χ0) is 11.5. The molecule has 0 bridgehead atoms. The highest BCUT2D eigenvalue weighted by atomic mass is 16.5. The van der Waals surface area contributed by atoms with Crippen molar-refractivity contribution in [1.29, 1.82) is 0 Å². The van der Waals surface area contributed by atoms with Crippen LogP contribution in [0.25, 0.3) is 0 Å². The fraction of sp³-hybridized carbons (Fsp3) is 1.00. The molecule has 0 spiro atoms. The van der Waals surface area contributed by atoms with E-state index >= 15 is 0 Å². The Morgan fingerprint density at radius 1 is 1.47 bits per heavy atom. The third kappa shape index (κ3) is 4.09. The molecule has 15 heavy (non-hydrogen) atoms. The first-order valence-electron chi connectivity index (χ1n) is 5.94. The van der Waals surface area contributed by atoms with E-state index < -0.39 is 0 Å². The Labute approximate surface area is 93.2 Å². The molecule has 1 rings (SSSR count). The number of ether oxygens (including phenoxy) is 1. The summed E-state index contributed by atoms with van der Waals surface area (Å²) in [7, 11) is 1.75. The van der Waals surface area contributed by atoms with Crippen LogP contribution in [-0.2, 0) is 4.74 Å². The van der Waals surface area contributed by atoms with Crippen LogP contribution in [0.1, 0.15) is 46.5 Å². The maximum Gasteiger partial charge on any atom is 0.0693 e. The minimum absolute atomic E-state index is 0.0873. The summed E-state index contributed by atoms with van der Waals surface area (Å²) in [6, 6.07) is 0.672. The molecule has 0 aromatic rings. The third-order valence-electron chi connectivity index (χ3n) is 3.33. The molecule has 1 aliphatic carbocycles. The number of nitrogens with one attached hydrogen (secondary N) is 1. The van der Waals surface area contributed by atoms with Crippen molar-refractivity contribution in [3.8, 4) is 0 Å². The average Bonchev–Trinajstić information content (AvgIpc) is 2.51. The second-order valence-corrected chi connectivity index (χ2v) is 5.34. The lowest BCUT2D eigenvalue weighted by atomic mass is 9.99. The topological polar surface area (TPSA) is 41.5 Å². The van der Waals surface area contributed by atoms with E-state index in [1.807, 2.05) is 0 Å². The van der Waals surface area contributed by atoms with E-state index in [4.69, 9.17) is 4.74 Å². The molecule has 0 heterocycles. The van der Waals surface area contributed by atoms with Gasteiger partial charge >= 0.3 is 0 Å². The summed E-state index contributed by atoms with van der Waals surface area (Å²) in [5.41, 5.74) is -0.0873. The number of hydrogen-bond acceptors (Lipinski definition) is 3. The second-order valence-electron chi connectivity index (χ2n) is 5.34. The Morgan fingerprint density at radius 2 is 2.13 bits per heavy atom. The van der Waals surface area contributed by atoms with Gasteiger partial charge in [0.1, 0.15) is 0 Å². The molecule has 3 heteroatoms. The number of aliphatic hydroxyl groups is 1. The molecule has 0 aromatic heterocycles. The summed E-state index contributed by atoms with van der Waals surface area (Å²) in [5, 5.41) is 13.2. The van der Waals surface area contributed by atoms with Gasteiger partial charge in [-0.2, -0.15) is 0 Å². The van der Waals surface area contributed by atoms with Gasteiger partial charge in [-0.1, -0.05) is 0 Å². The minimum Gasteiger partial charge on any atom is -0.392 e. The zero-order valence-electron chi connectivity index (χ0n) is 10.4. The predicted molar refractivity (Wildman–Crippen MR) is 61.9 cm³/mol. The summed E-state index contributed by atoms with van der Waals surface area (Å²) in [6.07, 6.45) is 3.99. The SMILES string of the molecule is COC(C)(C)CC(C)NC1CCCC1O. The van der Waals surface area contributed by atoms with Crippen LogP contribution in [0.3, 0.4) is 0 Å². The van der Waals surface area contributed by atoms with Crippen molar-refractivity contribution < 1.29 is 9.84 Å². The molecular weight excluding hydrogens is 190 g/mol. The lowest BCUT2D eigenvalue weighted by molar-refractivity contribution is 0.00605. The number of hydrogen-bond donors (Lipinski definition) is 2. The Kier molecular flexibility index (Phi) is 4.56. The largest absolute Gasteiger partial charge is 0.392 e. The van der Waals surface area contributed by atoms with Crippen LogP contribution in [0.2, 0.25) is 0 Å². The van der Waals surface area contributed by atoms with Crippen LogP contribution in [0, 0.1) is 0 Å². The van der Waals surface area contributed by atoms with Crippen LogP contribution >= 0.6 is 0 Å². The zero-order valence-corrected chi connectivity index (χ0v) is 10.4. The smallest absolute Gasteiger partial charge is 0.0693 e. The Morgan fingerprint density at radius 3 is 2.60 bits per heavy atom. The second kappa shape index (κ2) is 5.28. The first kappa shape index (κ1) is 12.9. The van der Waals surface area contributed by atoms with Gasteiger partial charge in [-0.3, -0.25) is 0 Å². The molecule has 0 saturated heterocycles. The highest BCUT2D eigenvalue weighted by Gasteiger charge is 2.28. The molecule has 3 atom stereocenters. The highest BCUT2D eigenvalue weighted by molar-refractivity contribution is 4.86. The molecule has 2 N–H and O–H groups in total. The van der Waals surface area contributed by atoms with Crippen LogP contribution in [-0.4, -0.2) is 36.0 Å². The molecule has 1 saturated carbocycles. The average molecular weight is 215 g/mol.